The molecule has 0 bridgehead atoms. The number of aromatic nitrogens is 3. The van der Waals surface area contributed by atoms with Crippen LogP contribution in [0.2, 0.25) is 0 Å². The van der Waals surface area contributed by atoms with Crippen LogP contribution in [0.4, 0.5) is 5.69 Å². The molecule has 3 rings (SSSR count). The fourth-order valence-corrected chi connectivity index (χ4v) is 3.02. The quantitative estimate of drug-likeness (QED) is 0.597. The van der Waals surface area contributed by atoms with Crippen molar-refractivity contribution in [2.45, 2.75) is 39.5 Å². The number of nitriles is 1. The minimum Gasteiger partial charge on any atom is -0.461 e. The summed E-state index contributed by atoms with van der Waals surface area (Å²) in [7, 11) is 0. The lowest BCUT2D eigenvalue weighted by atomic mass is 10.0. The van der Waals surface area contributed by atoms with Gasteiger partial charge in [-0.3, -0.25) is 4.98 Å². The van der Waals surface area contributed by atoms with E-state index >= 15 is 0 Å². The fourth-order valence-electron chi connectivity index (χ4n) is 3.02. The predicted octanol–water partition coefficient (Wildman–Crippen LogP) is 2.24. The number of pyridine rings is 1. The van der Waals surface area contributed by atoms with Gasteiger partial charge >= 0.3 is 5.97 Å². The van der Waals surface area contributed by atoms with Crippen LogP contribution in [-0.4, -0.2) is 27.5 Å². The normalized spacial score (nSPS) is 13.7. The molecular formula is C20H21N5O2. The molecule has 1 aliphatic rings. The standard InChI is InChI=1S/C20H21N5O2/c1-3-5-6-13(4-2)11-27-20(26)15(9-21)18-19-17(23-12-24-18)14-7-8-22-10-16(14)25-19/h7-8,10,12-13H,3-6,11H2,1-2H3/b18-15+. The lowest BCUT2D eigenvalue weighted by Gasteiger charge is -2.14. The second kappa shape index (κ2) is 8.49. The third-order valence-corrected chi connectivity index (χ3v) is 4.66. The van der Waals surface area contributed by atoms with Crippen LogP contribution in [-0.2, 0) is 9.53 Å². The molecule has 0 saturated carbocycles. The van der Waals surface area contributed by atoms with Crippen molar-refractivity contribution in [3.63, 3.8) is 0 Å². The van der Waals surface area contributed by atoms with E-state index in [9.17, 15) is 10.1 Å². The van der Waals surface area contributed by atoms with Crippen LogP contribution in [0.15, 0.2) is 29.8 Å². The molecule has 7 nitrogen and oxygen atoms in total. The van der Waals surface area contributed by atoms with Crippen molar-refractivity contribution in [1.29, 1.82) is 5.26 Å². The van der Waals surface area contributed by atoms with Gasteiger partial charge < -0.3 is 4.74 Å². The lowest BCUT2D eigenvalue weighted by molar-refractivity contribution is -0.138. The minimum atomic E-state index is -0.669. The monoisotopic (exact) mass is 363 g/mol. The second-order valence-corrected chi connectivity index (χ2v) is 6.43. The predicted molar refractivity (Wildman–Crippen MR) is 99.0 cm³/mol. The summed E-state index contributed by atoms with van der Waals surface area (Å²) < 4.78 is 5.42. The summed E-state index contributed by atoms with van der Waals surface area (Å²) in [6.07, 6.45) is 8.72. The number of nitrogens with zero attached hydrogens (tertiary/aromatic N) is 5. The van der Waals surface area contributed by atoms with Gasteiger partial charge in [-0.05, 0) is 18.4 Å². The lowest BCUT2D eigenvalue weighted by Crippen LogP contribution is -2.34. The van der Waals surface area contributed by atoms with Crippen molar-refractivity contribution >= 4 is 17.2 Å². The third kappa shape index (κ3) is 3.85. The zero-order valence-corrected chi connectivity index (χ0v) is 15.5. The first kappa shape index (κ1) is 18.6. The Labute approximate surface area is 157 Å². The Hall–Kier alpha value is -3.14. The Morgan fingerprint density at radius 3 is 2.93 bits per heavy atom. The van der Waals surface area contributed by atoms with Gasteiger partial charge in [0, 0.05) is 11.8 Å². The van der Waals surface area contributed by atoms with Gasteiger partial charge in [0.05, 0.1) is 18.5 Å². The molecule has 0 spiro atoms. The molecule has 0 fully saturated rings. The zero-order valence-electron chi connectivity index (χ0n) is 15.5. The summed E-state index contributed by atoms with van der Waals surface area (Å²) in [5.41, 5.74) is 1.89. The SMILES string of the molecule is CCCCC(CC)COC(=O)/C(C#N)=c1/ncnc2c1=Nc1cnccc1-2. The van der Waals surface area contributed by atoms with Gasteiger partial charge in [-0.25, -0.2) is 19.8 Å². The largest absolute Gasteiger partial charge is 0.461 e. The highest BCUT2D eigenvalue weighted by molar-refractivity contribution is 6.15. The number of hydrogen-bond acceptors (Lipinski definition) is 7. The molecule has 138 valence electrons. The summed E-state index contributed by atoms with van der Waals surface area (Å²) in [4.78, 5) is 29.4. The molecule has 0 N–H and O–H groups in total. The van der Waals surface area contributed by atoms with Crippen molar-refractivity contribution < 1.29 is 9.53 Å². The summed E-state index contributed by atoms with van der Waals surface area (Å²) in [5.74, 6) is -0.373. The molecule has 0 saturated heterocycles. The van der Waals surface area contributed by atoms with E-state index in [0.717, 1.165) is 31.2 Å². The van der Waals surface area contributed by atoms with Gasteiger partial charge in [-0.1, -0.05) is 33.1 Å². The minimum absolute atomic E-state index is 0.150. The third-order valence-electron chi connectivity index (χ3n) is 4.66. The number of carbonyl (C=O) groups is 1. The van der Waals surface area contributed by atoms with E-state index in [1.807, 2.05) is 6.07 Å². The second-order valence-electron chi connectivity index (χ2n) is 6.43. The van der Waals surface area contributed by atoms with Crippen molar-refractivity contribution in [2.24, 2.45) is 10.9 Å². The molecule has 0 aliphatic carbocycles. The first-order valence-corrected chi connectivity index (χ1v) is 9.15. The molecule has 7 heteroatoms. The Morgan fingerprint density at radius 1 is 1.33 bits per heavy atom. The highest BCUT2D eigenvalue weighted by atomic mass is 16.5. The van der Waals surface area contributed by atoms with Crippen molar-refractivity contribution in [1.82, 2.24) is 15.0 Å². The first-order valence-electron chi connectivity index (χ1n) is 9.15. The number of ether oxygens (including phenoxy) is 1. The van der Waals surface area contributed by atoms with E-state index < -0.39 is 5.97 Å². The van der Waals surface area contributed by atoms with E-state index in [-0.39, 0.29) is 10.9 Å². The van der Waals surface area contributed by atoms with Gasteiger partial charge in [0.25, 0.3) is 0 Å². The highest BCUT2D eigenvalue weighted by Gasteiger charge is 2.21. The Bertz CT molecular complexity index is 1010. The molecule has 1 unspecified atom stereocenters. The molecule has 2 aromatic rings. The van der Waals surface area contributed by atoms with Gasteiger partial charge in [0.15, 0.2) is 5.57 Å². The van der Waals surface area contributed by atoms with E-state index in [0.29, 0.717) is 29.3 Å². The number of esters is 1. The van der Waals surface area contributed by atoms with Gasteiger partial charge in [0.1, 0.15) is 28.8 Å². The molecule has 1 aliphatic heterocycles. The molecule has 3 heterocycles. The smallest absolute Gasteiger partial charge is 0.351 e. The first-order chi connectivity index (χ1) is 13.2. The Balaban J connectivity index is 1.93. The molecule has 1 atom stereocenters. The number of rotatable bonds is 7. The van der Waals surface area contributed by atoms with Crippen LogP contribution in [0, 0.1) is 17.2 Å². The molecular weight excluding hydrogens is 342 g/mol. The average molecular weight is 363 g/mol. The summed E-state index contributed by atoms with van der Waals surface area (Å²) in [6.45, 7) is 4.51. The van der Waals surface area contributed by atoms with E-state index in [4.69, 9.17) is 4.74 Å². The maximum atomic E-state index is 12.5. The summed E-state index contributed by atoms with van der Waals surface area (Å²) in [6, 6.07) is 3.73. The van der Waals surface area contributed by atoms with E-state index in [1.54, 1.807) is 18.5 Å². The average Bonchev–Trinajstić information content (AvgIpc) is 3.08. The molecule has 0 radical (unpaired) electrons. The van der Waals surface area contributed by atoms with Crippen LogP contribution in [0.25, 0.3) is 16.8 Å². The number of fused-ring (bicyclic) bond motifs is 3. The maximum Gasteiger partial charge on any atom is 0.351 e. The van der Waals surface area contributed by atoms with E-state index in [1.165, 1.54) is 6.33 Å². The van der Waals surface area contributed by atoms with Crippen molar-refractivity contribution in [3.8, 4) is 17.3 Å². The summed E-state index contributed by atoms with van der Waals surface area (Å²) >= 11 is 0. The number of unbranched alkanes of at least 4 members (excludes halogenated alkanes) is 1. The maximum absolute atomic E-state index is 12.5. The highest BCUT2D eigenvalue weighted by Crippen LogP contribution is 2.28. The molecule has 27 heavy (non-hydrogen) atoms. The topological polar surface area (TPSA) is 101 Å². The van der Waals surface area contributed by atoms with Crippen LogP contribution in [0.5, 0.6) is 0 Å². The van der Waals surface area contributed by atoms with Gasteiger partial charge in [-0.15, -0.1) is 0 Å². The van der Waals surface area contributed by atoms with Gasteiger partial charge in [0.2, 0.25) is 0 Å². The van der Waals surface area contributed by atoms with Crippen molar-refractivity contribution in [2.75, 3.05) is 6.61 Å². The van der Waals surface area contributed by atoms with Gasteiger partial charge in [-0.2, -0.15) is 5.26 Å². The molecule has 2 aromatic heterocycles. The molecule has 0 aromatic carbocycles. The number of carbonyl (C=O) groups excluding carboxylic acids is 1. The van der Waals surface area contributed by atoms with Crippen LogP contribution in [0.1, 0.15) is 39.5 Å². The van der Waals surface area contributed by atoms with Crippen LogP contribution in [0.3, 0.4) is 0 Å². The van der Waals surface area contributed by atoms with Crippen LogP contribution >= 0.6 is 0 Å². The Kier molecular flexibility index (Phi) is 5.87. The molecule has 0 amide bonds. The summed E-state index contributed by atoms with van der Waals surface area (Å²) in [5, 5.41) is 10.2. The van der Waals surface area contributed by atoms with E-state index in [2.05, 4.69) is 33.8 Å². The van der Waals surface area contributed by atoms with Crippen LogP contribution < -0.4 is 10.7 Å². The Morgan fingerprint density at radius 2 is 2.19 bits per heavy atom. The zero-order chi connectivity index (χ0) is 19.2. The number of hydrogen-bond donors (Lipinski definition) is 0. The fraction of sp³-hybridized carbons (Fsp3) is 0.400. The van der Waals surface area contributed by atoms with Crippen molar-refractivity contribution in [3.05, 3.63) is 35.5 Å².